The number of ether oxygens (including phenoxy) is 4. The van der Waals surface area contributed by atoms with Gasteiger partial charge in [-0.25, -0.2) is 14.6 Å². The lowest BCUT2D eigenvalue weighted by Crippen LogP contribution is -2.70. The van der Waals surface area contributed by atoms with Gasteiger partial charge < -0.3 is 34.8 Å². The third-order valence-electron chi connectivity index (χ3n) is 5.57. The van der Waals surface area contributed by atoms with Crippen LogP contribution in [0.2, 0.25) is 0 Å². The molecule has 18 heteroatoms. The van der Waals surface area contributed by atoms with Crippen molar-refractivity contribution in [2.75, 3.05) is 25.4 Å². The van der Waals surface area contributed by atoms with Crippen LogP contribution < -0.4 is 20.5 Å². The standard InChI is InChI=1S/C25H23N5O11S2/c1-11(31)40-16-5-4-13(8-17(16)41-12(2)32)23(35)38-10-39-24(36)15-6-7-42-22-19(21(34)30(15)22)28-20(33)18(29-37-3)14-9-43-25(26)27-14/h4-6,8-9,19,22H,7,10H2,1-3H3,(H2,26,27)(H,28,33)/b29-18-/t19-,22-/m1/s1. The number of nitrogens with zero attached hydrogens (tertiary/aromatic N) is 3. The summed E-state index contributed by atoms with van der Waals surface area (Å²) in [6.45, 7) is 1.46. The summed E-state index contributed by atoms with van der Waals surface area (Å²) in [5.41, 5.74) is 5.44. The molecule has 16 nitrogen and oxygen atoms in total. The lowest BCUT2D eigenvalue weighted by molar-refractivity contribution is -0.156. The quantitative estimate of drug-likeness (QED) is 0.0914. The summed E-state index contributed by atoms with van der Waals surface area (Å²) in [7, 11) is 1.25. The maximum Gasteiger partial charge on any atom is 0.357 e. The van der Waals surface area contributed by atoms with Gasteiger partial charge in [-0.3, -0.25) is 24.1 Å². The number of nitrogen functional groups attached to an aromatic ring is 1. The third-order valence-corrected chi connectivity index (χ3v) is 7.43. The SMILES string of the molecule is CO/N=C(\C(=O)N[C@@H]1C(=O)N2C(C(=O)OCOC(=O)c3ccc(OC(C)=O)c(OC(C)=O)c3)=CCS[C@H]12)c1csc(N)n1. The minimum absolute atomic E-state index is 0.0868. The zero-order valence-electron chi connectivity index (χ0n) is 22.7. The molecule has 2 aliphatic rings. The normalized spacial score (nSPS) is 17.5. The van der Waals surface area contributed by atoms with E-state index in [9.17, 15) is 28.8 Å². The molecule has 1 aromatic heterocycles. The Morgan fingerprint density at radius 2 is 1.79 bits per heavy atom. The van der Waals surface area contributed by atoms with E-state index in [1.165, 1.54) is 42.5 Å². The van der Waals surface area contributed by atoms with Crippen molar-refractivity contribution in [1.29, 1.82) is 0 Å². The van der Waals surface area contributed by atoms with Crippen molar-refractivity contribution in [1.82, 2.24) is 15.2 Å². The number of rotatable bonds is 10. The second-order valence-electron chi connectivity index (χ2n) is 8.50. The Hall–Kier alpha value is -4.97. The van der Waals surface area contributed by atoms with Crippen molar-refractivity contribution in [2.45, 2.75) is 25.3 Å². The number of amides is 2. The average Bonchev–Trinajstić information content (AvgIpc) is 3.39. The Kier molecular flexibility index (Phi) is 9.61. The summed E-state index contributed by atoms with van der Waals surface area (Å²) in [5, 5.41) is 7.37. The van der Waals surface area contributed by atoms with Crippen molar-refractivity contribution < 1.29 is 52.6 Å². The Labute approximate surface area is 251 Å². The molecule has 1 fully saturated rings. The fraction of sp³-hybridized carbons (Fsp3) is 0.280. The predicted molar refractivity (Wildman–Crippen MR) is 149 cm³/mol. The van der Waals surface area contributed by atoms with E-state index in [0.717, 1.165) is 36.2 Å². The number of aromatic nitrogens is 1. The topological polar surface area (TPSA) is 215 Å². The highest BCUT2D eigenvalue weighted by atomic mass is 32.2. The van der Waals surface area contributed by atoms with Crippen LogP contribution >= 0.6 is 23.1 Å². The van der Waals surface area contributed by atoms with Crippen LogP contribution in [0.15, 0.2) is 40.5 Å². The van der Waals surface area contributed by atoms with Crippen LogP contribution in [0.5, 0.6) is 11.5 Å². The zero-order chi connectivity index (χ0) is 31.3. The number of benzene rings is 1. The van der Waals surface area contributed by atoms with E-state index < -0.39 is 53.9 Å². The third kappa shape index (κ3) is 7.09. The van der Waals surface area contributed by atoms with Crippen LogP contribution in [0.25, 0.3) is 0 Å². The van der Waals surface area contributed by atoms with Gasteiger partial charge in [0.1, 0.15) is 29.9 Å². The van der Waals surface area contributed by atoms with Crippen molar-refractivity contribution >= 4 is 69.6 Å². The molecule has 0 bridgehead atoms. The average molecular weight is 634 g/mol. The first kappa shape index (κ1) is 31.0. The van der Waals surface area contributed by atoms with Gasteiger partial charge in [0, 0.05) is 25.0 Å². The number of carbonyl (C=O) groups is 6. The molecule has 43 heavy (non-hydrogen) atoms. The molecular formula is C25H23N5O11S2. The fourth-order valence-corrected chi connectivity index (χ4v) is 5.58. The van der Waals surface area contributed by atoms with Crippen LogP contribution in [-0.2, 0) is 38.3 Å². The number of hydrogen-bond acceptors (Lipinski definition) is 16. The molecule has 0 saturated carbocycles. The van der Waals surface area contributed by atoms with Crippen LogP contribution in [-0.4, -0.2) is 82.4 Å². The number of fused-ring (bicyclic) bond motifs is 1. The minimum Gasteiger partial charge on any atom is -0.424 e. The molecule has 0 aliphatic carbocycles. The molecule has 2 amide bonds. The second kappa shape index (κ2) is 13.3. The van der Waals surface area contributed by atoms with Gasteiger partial charge in [0.15, 0.2) is 22.3 Å². The summed E-state index contributed by atoms with van der Waals surface area (Å²) in [6.07, 6.45) is 1.47. The van der Waals surface area contributed by atoms with E-state index >= 15 is 0 Å². The number of nitrogens with one attached hydrogen (secondary N) is 1. The maximum atomic E-state index is 12.9. The van der Waals surface area contributed by atoms with Crippen LogP contribution in [0.1, 0.15) is 29.9 Å². The van der Waals surface area contributed by atoms with Crippen LogP contribution in [0, 0.1) is 0 Å². The smallest absolute Gasteiger partial charge is 0.357 e. The first-order valence-electron chi connectivity index (χ1n) is 12.1. The molecule has 2 aromatic rings. The van der Waals surface area contributed by atoms with Crippen molar-refractivity contribution in [3.63, 3.8) is 0 Å². The Morgan fingerprint density at radius 3 is 2.44 bits per heavy atom. The van der Waals surface area contributed by atoms with Gasteiger partial charge in [-0.2, -0.15) is 0 Å². The van der Waals surface area contributed by atoms with Gasteiger partial charge in [-0.05, 0) is 24.3 Å². The van der Waals surface area contributed by atoms with E-state index in [0.29, 0.717) is 5.75 Å². The molecule has 0 radical (unpaired) electrons. The summed E-state index contributed by atoms with van der Waals surface area (Å²) in [6, 6.07) is 2.62. The fourth-order valence-electron chi connectivity index (χ4n) is 3.83. The number of esters is 4. The first-order chi connectivity index (χ1) is 20.5. The van der Waals surface area contributed by atoms with Crippen molar-refractivity contribution in [3.8, 4) is 11.5 Å². The van der Waals surface area contributed by atoms with Crippen LogP contribution in [0.4, 0.5) is 5.13 Å². The molecular weight excluding hydrogens is 610 g/mol. The summed E-state index contributed by atoms with van der Waals surface area (Å²) < 4.78 is 19.9. The van der Waals surface area contributed by atoms with Crippen molar-refractivity contribution in [2.24, 2.45) is 5.16 Å². The zero-order valence-corrected chi connectivity index (χ0v) is 24.3. The Balaban J connectivity index is 1.34. The molecule has 2 aliphatic heterocycles. The van der Waals surface area contributed by atoms with Gasteiger partial charge in [0.05, 0.1) is 5.56 Å². The highest BCUT2D eigenvalue weighted by Crippen LogP contribution is 2.38. The Morgan fingerprint density at radius 1 is 1.09 bits per heavy atom. The van der Waals surface area contributed by atoms with E-state index in [1.54, 1.807) is 0 Å². The lowest BCUT2D eigenvalue weighted by atomic mass is 10.0. The van der Waals surface area contributed by atoms with Gasteiger partial charge in [0.2, 0.25) is 6.79 Å². The maximum absolute atomic E-state index is 12.9. The number of anilines is 1. The molecule has 3 N–H and O–H groups in total. The van der Waals surface area contributed by atoms with Gasteiger partial charge >= 0.3 is 23.9 Å². The highest BCUT2D eigenvalue weighted by molar-refractivity contribution is 8.00. The molecule has 1 aromatic carbocycles. The number of thioether (sulfide) groups is 1. The summed E-state index contributed by atoms with van der Waals surface area (Å²) >= 11 is 2.39. The predicted octanol–water partition coefficient (Wildman–Crippen LogP) is 0.568. The lowest BCUT2D eigenvalue weighted by Gasteiger charge is -2.48. The summed E-state index contributed by atoms with van der Waals surface area (Å²) in [5.74, 6) is -4.55. The number of hydrogen-bond donors (Lipinski definition) is 2. The van der Waals surface area contributed by atoms with E-state index in [4.69, 9.17) is 29.5 Å². The number of thiazole rings is 1. The molecule has 226 valence electrons. The molecule has 0 spiro atoms. The number of carbonyl (C=O) groups excluding carboxylic acids is 6. The molecule has 1 saturated heterocycles. The van der Waals surface area contributed by atoms with E-state index in [1.807, 2.05) is 0 Å². The largest absolute Gasteiger partial charge is 0.424 e. The molecule has 4 rings (SSSR count). The van der Waals surface area contributed by atoms with Gasteiger partial charge in [0.25, 0.3) is 11.8 Å². The van der Waals surface area contributed by atoms with Crippen molar-refractivity contribution in [3.05, 3.63) is 46.6 Å². The van der Waals surface area contributed by atoms with E-state index in [2.05, 4.69) is 15.5 Å². The van der Waals surface area contributed by atoms with Gasteiger partial charge in [-0.15, -0.1) is 23.1 Å². The monoisotopic (exact) mass is 633 g/mol. The highest BCUT2D eigenvalue weighted by Gasteiger charge is 2.53. The molecule has 2 atom stereocenters. The number of β-lactam (4-membered cyclic amide) rings is 1. The Bertz CT molecular complexity index is 1550. The molecule has 3 heterocycles. The first-order valence-corrected chi connectivity index (χ1v) is 14.1. The number of oxime groups is 1. The second-order valence-corrected chi connectivity index (χ2v) is 10.5. The minimum atomic E-state index is -0.980. The van der Waals surface area contributed by atoms with Gasteiger partial charge in [-0.1, -0.05) is 5.16 Å². The van der Waals surface area contributed by atoms with E-state index in [-0.39, 0.29) is 39.3 Å². The number of nitrogens with two attached hydrogens (primary N) is 1. The molecule has 0 unspecified atom stereocenters. The summed E-state index contributed by atoms with van der Waals surface area (Å²) in [4.78, 5) is 83.6. The van der Waals surface area contributed by atoms with Crippen LogP contribution in [0.3, 0.4) is 0 Å².